The van der Waals surface area contributed by atoms with Crippen LogP contribution in [0.4, 0.5) is 8.78 Å². The number of hydrogen-bond acceptors (Lipinski definition) is 1. The molecule has 0 aliphatic carbocycles. The summed E-state index contributed by atoms with van der Waals surface area (Å²) in [6.07, 6.45) is 0. The van der Waals surface area contributed by atoms with E-state index in [1.807, 2.05) is 0 Å². The second-order valence-electron chi connectivity index (χ2n) is 3.31. The molecule has 3 heteroatoms. The van der Waals surface area contributed by atoms with Crippen molar-refractivity contribution in [1.29, 1.82) is 0 Å². The largest absolute Gasteiger partial charge is 0.311 e. The lowest BCUT2D eigenvalue weighted by Gasteiger charge is -2.21. The zero-order valence-electron chi connectivity index (χ0n) is 8.13. The molecular weight excluding hydrogens is 186 g/mol. The van der Waals surface area contributed by atoms with Crippen molar-refractivity contribution in [3.05, 3.63) is 35.9 Å². The minimum absolute atomic E-state index is 0.479. The van der Waals surface area contributed by atoms with E-state index in [2.05, 4.69) is 0 Å². The van der Waals surface area contributed by atoms with Crippen LogP contribution in [-0.4, -0.2) is 11.7 Å². The predicted molar refractivity (Wildman–Crippen MR) is 50.5 cm³/mol. The van der Waals surface area contributed by atoms with Crippen molar-refractivity contribution in [3.8, 4) is 0 Å². The molecule has 0 aromatic heterocycles. The van der Waals surface area contributed by atoms with E-state index < -0.39 is 17.6 Å². The fourth-order valence-electron chi connectivity index (χ4n) is 1.26. The Balaban J connectivity index is 2.96. The zero-order valence-corrected chi connectivity index (χ0v) is 8.13. The first-order valence-corrected chi connectivity index (χ1v) is 4.40. The number of halogens is 2. The second-order valence-corrected chi connectivity index (χ2v) is 3.31. The third-order valence-corrected chi connectivity index (χ3v) is 2.31. The van der Waals surface area contributed by atoms with Gasteiger partial charge in [-0.1, -0.05) is 37.3 Å². The highest BCUT2D eigenvalue weighted by molar-refractivity contribution is 5.84. The Morgan fingerprint density at radius 1 is 1.29 bits per heavy atom. The summed E-state index contributed by atoms with van der Waals surface area (Å²) in [6, 6.07) is 8.31. The van der Waals surface area contributed by atoms with Gasteiger partial charge in [0.25, 0.3) is 0 Å². The predicted octanol–water partition coefficient (Wildman–Crippen LogP) is 3.01. The van der Waals surface area contributed by atoms with Gasteiger partial charge in [-0.15, -0.1) is 0 Å². The molecular formula is C11H12F2O. The topological polar surface area (TPSA) is 17.1 Å². The summed E-state index contributed by atoms with van der Waals surface area (Å²) in [4.78, 5) is 10.7. The molecule has 1 aromatic rings. The van der Waals surface area contributed by atoms with Crippen molar-refractivity contribution in [3.63, 3.8) is 0 Å². The number of alkyl halides is 2. The Morgan fingerprint density at radius 2 is 1.79 bits per heavy atom. The first-order valence-electron chi connectivity index (χ1n) is 4.40. The van der Waals surface area contributed by atoms with Crippen LogP contribution in [0.2, 0.25) is 0 Å². The quantitative estimate of drug-likeness (QED) is 0.729. The number of rotatable bonds is 3. The van der Waals surface area contributed by atoms with Crippen molar-refractivity contribution in [1.82, 2.24) is 0 Å². The van der Waals surface area contributed by atoms with Gasteiger partial charge in [0.1, 0.15) is 0 Å². The van der Waals surface area contributed by atoms with Gasteiger partial charge >= 0.3 is 5.92 Å². The minimum atomic E-state index is -3.28. The SMILES string of the molecule is CC(=O)C(F)(F)C(C)c1ccccc1. The van der Waals surface area contributed by atoms with Gasteiger partial charge in [-0.2, -0.15) is 8.78 Å². The van der Waals surface area contributed by atoms with Gasteiger partial charge in [-0.25, -0.2) is 0 Å². The molecule has 0 saturated carbocycles. The highest BCUT2D eigenvalue weighted by Gasteiger charge is 2.42. The summed E-state index contributed by atoms with van der Waals surface area (Å²) in [5.41, 5.74) is 0.479. The Bertz CT molecular complexity index is 319. The van der Waals surface area contributed by atoms with Crippen LogP contribution in [0.3, 0.4) is 0 Å². The zero-order chi connectivity index (χ0) is 10.8. The van der Waals surface area contributed by atoms with Gasteiger partial charge in [0.05, 0.1) is 5.92 Å². The van der Waals surface area contributed by atoms with Crippen molar-refractivity contribution in [2.75, 3.05) is 0 Å². The van der Waals surface area contributed by atoms with Gasteiger partial charge in [0.15, 0.2) is 5.78 Å². The maximum atomic E-state index is 13.3. The Hall–Kier alpha value is -1.25. The van der Waals surface area contributed by atoms with Crippen LogP contribution in [0.1, 0.15) is 25.3 Å². The van der Waals surface area contributed by atoms with Crippen molar-refractivity contribution in [2.24, 2.45) is 0 Å². The molecule has 1 unspecified atom stereocenters. The number of benzene rings is 1. The lowest BCUT2D eigenvalue weighted by Crippen LogP contribution is -2.32. The maximum Gasteiger partial charge on any atom is 0.311 e. The van der Waals surface area contributed by atoms with Gasteiger partial charge in [-0.3, -0.25) is 4.79 Å². The molecule has 0 spiro atoms. The Morgan fingerprint density at radius 3 is 2.21 bits per heavy atom. The van der Waals surface area contributed by atoms with Crippen LogP contribution in [-0.2, 0) is 4.79 Å². The molecule has 76 valence electrons. The van der Waals surface area contributed by atoms with Crippen LogP contribution in [0.15, 0.2) is 30.3 Å². The van der Waals surface area contributed by atoms with E-state index in [1.54, 1.807) is 30.3 Å². The van der Waals surface area contributed by atoms with E-state index in [4.69, 9.17) is 0 Å². The molecule has 1 rings (SSSR count). The summed E-state index contributed by atoms with van der Waals surface area (Å²) < 4.78 is 26.6. The summed E-state index contributed by atoms with van der Waals surface area (Å²) in [5, 5.41) is 0. The first kappa shape index (κ1) is 10.8. The second kappa shape index (κ2) is 3.86. The van der Waals surface area contributed by atoms with Crippen LogP contribution in [0, 0.1) is 0 Å². The molecule has 0 saturated heterocycles. The summed E-state index contributed by atoms with van der Waals surface area (Å²) >= 11 is 0. The van der Waals surface area contributed by atoms with E-state index in [9.17, 15) is 13.6 Å². The summed E-state index contributed by atoms with van der Waals surface area (Å²) in [5.74, 6) is -5.43. The molecule has 14 heavy (non-hydrogen) atoms. The minimum Gasteiger partial charge on any atom is -0.293 e. The number of hydrogen-bond donors (Lipinski definition) is 0. The smallest absolute Gasteiger partial charge is 0.293 e. The fourth-order valence-corrected chi connectivity index (χ4v) is 1.26. The molecule has 0 bridgehead atoms. The average Bonchev–Trinajstić information content (AvgIpc) is 2.17. The molecule has 0 aliphatic rings. The standard InChI is InChI=1S/C11H12F2O/c1-8(11(12,13)9(2)14)10-6-4-3-5-7-10/h3-8H,1-2H3. The highest BCUT2D eigenvalue weighted by atomic mass is 19.3. The van der Waals surface area contributed by atoms with Gasteiger partial charge in [0.2, 0.25) is 0 Å². The maximum absolute atomic E-state index is 13.3. The summed E-state index contributed by atoms with van der Waals surface area (Å²) in [7, 11) is 0. The fraction of sp³-hybridized carbons (Fsp3) is 0.364. The van der Waals surface area contributed by atoms with Crippen LogP contribution < -0.4 is 0 Å². The van der Waals surface area contributed by atoms with Gasteiger partial charge in [-0.05, 0) is 5.56 Å². The van der Waals surface area contributed by atoms with Gasteiger partial charge in [0, 0.05) is 6.92 Å². The monoisotopic (exact) mass is 198 g/mol. The van der Waals surface area contributed by atoms with Crippen molar-refractivity contribution in [2.45, 2.75) is 25.7 Å². The van der Waals surface area contributed by atoms with E-state index >= 15 is 0 Å². The molecule has 1 atom stereocenters. The lowest BCUT2D eigenvalue weighted by molar-refractivity contribution is -0.143. The summed E-state index contributed by atoms with van der Waals surface area (Å²) in [6.45, 7) is 2.27. The average molecular weight is 198 g/mol. The number of Topliss-reactive ketones (excluding diaryl/α,β-unsaturated/α-hetero) is 1. The Labute approximate surface area is 81.7 Å². The van der Waals surface area contributed by atoms with E-state index in [0.717, 1.165) is 6.92 Å². The van der Waals surface area contributed by atoms with E-state index in [-0.39, 0.29) is 0 Å². The molecule has 0 N–H and O–H groups in total. The third kappa shape index (κ3) is 1.97. The highest BCUT2D eigenvalue weighted by Crippen LogP contribution is 2.33. The molecule has 0 heterocycles. The van der Waals surface area contributed by atoms with Crippen LogP contribution in [0.25, 0.3) is 0 Å². The third-order valence-electron chi connectivity index (χ3n) is 2.31. The number of carbonyl (C=O) groups is 1. The Kier molecular flexibility index (Phi) is 2.99. The van der Waals surface area contributed by atoms with Crippen LogP contribution in [0.5, 0.6) is 0 Å². The number of ketones is 1. The van der Waals surface area contributed by atoms with Crippen molar-refractivity contribution >= 4 is 5.78 Å². The van der Waals surface area contributed by atoms with Crippen LogP contribution >= 0.6 is 0 Å². The normalized spacial score (nSPS) is 13.7. The van der Waals surface area contributed by atoms with Gasteiger partial charge < -0.3 is 0 Å². The molecule has 0 radical (unpaired) electrons. The van der Waals surface area contributed by atoms with Crippen molar-refractivity contribution < 1.29 is 13.6 Å². The molecule has 0 aliphatic heterocycles. The molecule has 1 aromatic carbocycles. The molecule has 1 nitrogen and oxygen atoms in total. The van der Waals surface area contributed by atoms with E-state index in [1.165, 1.54) is 6.92 Å². The molecule has 0 fully saturated rings. The lowest BCUT2D eigenvalue weighted by atomic mass is 9.92. The first-order chi connectivity index (χ1) is 6.46. The number of carbonyl (C=O) groups excluding carboxylic acids is 1. The molecule has 0 amide bonds. The van der Waals surface area contributed by atoms with E-state index in [0.29, 0.717) is 5.56 Å².